The van der Waals surface area contributed by atoms with E-state index in [9.17, 15) is 4.79 Å². The number of hydrogen-bond acceptors (Lipinski definition) is 4. The van der Waals surface area contributed by atoms with E-state index in [1.54, 1.807) is 12.1 Å². The summed E-state index contributed by atoms with van der Waals surface area (Å²) in [7, 11) is 0. The van der Waals surface area contributed by atoms with Crippen LogP contribution in [-0.2, 0) is 9.53 Å². The first-order valence-corrected chi connectivity index (χ1v) is 9.09. The van der Waals surface area contributed by atoms with E-state index in [0.29, 0.717) is 29.7 Å². The van der Waals surface area contributed by atoms with E-state index in [1.807, 2.05) is 30.3 Å². The van der Waals surface area contributed by atoms with Gasteiger partial charge < -0.3 is 19.7 Å². The van der Waals surface area contributed by atoms with Crippen LogP contribution >= 0.6 is 27.5 Å². The van der Waals surface area contributed by atoms with Gasteiger partial charge in [-0.25, -0.2) is 0 Å². The van der Waals surface area contributed by atoms with Crippen LogP contribution in [0.2, 0.25) is 5.02 Å². The summed E-state index contributed by atoms with van der Waals surface area (Å²) >= 11 is 9.47. The minimum atomic E-state index is -0.239. The minimum absolute atomic E-state index is 0.0779. The Labute approximate surface area is 160 Å². The molecule has 1 N–H and O–H groups in total. The molecule has 5 nitrogen and oxygen atoms in total. The van der Waals surface area contributed by atoms with Gasteiger partial charge in [0.1, 0.15) is 5.75 Å². The van der Waals surface area contributed by atoms with Crippen LogP contribution in [0.25, 0.3) is 0 Å². The van der Waals surface area contributed by atoms with Crippen molar-refractivity contribution < 1.29 is 14.3 Å². The summed E-state index contributed by atoms with van der Waals surface area (Å²) in [6.45, 7) is 2.81. The molecule has 0 spiro atoms. The van der Waals surface area contributed by atoms with E-state index in [-0.39, 0.29) is 12.5 Å². The number of anilines is 2. The smallest absolute Gasteiger partial charge is 0.262 e. The molecule has 7 heteroatoms. The summed E-state index contributed by atoms with van der Waals surface area (Å²) in [5.41, 5.74) is 1.61. The van der Waals surface area contributed by atoms with Gasteiger partial charge in [0.25, 0.3) is 5.91 Å². The molecular weight excluding hydrogens is 408 g/mol. The minimum Gasteiger partial charge on any atom is -0.484 e. The molecule has 3 rings (SSSR count). The maximum atomic E-state index is 12.3. The standard InChI is InChI=1S/C18H18BrClN2O3/c19-13-2-1-3-15(10-13)25-12-18(23)21-16-11-14(20)4-5-17(16)22-6-8-24-9-7-22/h1-5,10-11H,6-9,12H2,(H,21,23). The predicted octanol–water partition coefficient (Wildman–Crippen LogP) is 3.96. The molecule has 0 unspecified atom stereocenters. The maximum absolute atomic E-state index is 12.3. The summed E-state index contributed by atoms with van der Waals surface area (Å²) in [5.74, 6) is 0.390. The first-order chi connectivity index (χ1) is 12.1. The molecule has 2 aromatic carbocycles. The number of amides is 1. The van der Waals surface area contributed by atoms with Crippen LogP contribution in [0.3, 0.4) is 0 Å². The van der Waals surface area contributed by atoms with Gasteiger partial charge in [0.15, 0.2) is 6.61 Å². The molecule has 1 saturated heterocycles. The zero-order valence-corrected chi connectivity index (χ0v) is 15.8. The lowest BCUT2D eigenvalue weighted by Crippen LogP contribution is -2.37. The third-order valence-corrected chi connectivity index (χ3v) is 4.48. The van der Waals surface area contributed by atoms with Gasteiger partial charge in [-0.3, -0.25) is 4.79 Å². The Morgan fingerprint density at radius 1 is 1.24 bits per heavy atom. The molecule has 1 fully saturated rings. The molecule has 1 heterocycles. The molecule has 0 saturated carbocycles. The Hall–Kier alpha value is -1.76. The van der Waals surface area contributed by atoms with Crippen molar-refractivity contribution in [3.8, 4) is 5.75 Å². The van der Waals surface area contributed by atoms with Crippen LogP contribution in [0.4, 0.5) is 11.4 Å². The Kier molecular flexibility index (Phi) is 6.18. The quantitative estimate of drug-likeness (QED) is 0.788. The van der Waals surface area contributed by atoms with Crippen LogP contribution < -0.4 is 15.0 Å². The van der Waals surface area contributed by atoms with Gasteiger partial charge in [0.2, 0.25) is 0 Å². The van der Waals surface area contributed by atoms with Gasteiger partial charge in [0.05, 0.1) is 24.6 Å². The summed E-state index contributed by atoms with van der Waals surface area (Å²) in [5, 5.41) is 3.46. The van der Waals surface area contributed by atoms with E-state index >= 15 is 0 Å². The molecule has 1 amide bonds. The van der Waals surface area contributed by atoms with Crippen LogP contribution in [0.1, 0.15) is 0 Å². The van der Waals surface area contributed by atoms with Crippen molar-refractivity contribution >= 4 is 44.8 Å². The van der Waals surface area contributed by atoms with Crippen LogP contribution in [0, 0.1) is 0 Å². The van der Waals surface area contributed by atoms with Gasteiger partial charge in [-0.05, 0) is 36.4 Å². The molecule has 132 valence electrons. The van der Waals surface area contributed by atoms with Crippen molar-refractivity contribution in [3.05, 3.63) is 52.0 Å². The van der Waals surface area contributed by atoms with Crippen molar-refractivity contribution in [2.75, 3.05) is 43.1 Å². The number of nitrogens with one attached hydrogen (secondary N) is 1. The molecule has 0 aliphatic carbocycles. The highest BCUT2D eigenvalue weighted by molar-refractivity contribution is 9.10. The summed E-state index contributed by atoms with van der Waals surface area (Å²) in [4.78, 5) is 14.5. The molecule has 2 aromatic rings. The number of nitrogens with zero attached hydrogens (tertiary/aromatic N) is 1. The highest BCUT2D eigenvalue weighted by atomic mass is 79.9. The van der Waals surface area contributed by atoms with Gasteiger partial charge in [-0.1, -0.05) is 33.6 Å². The lowest BCUT2D eigenvalue weighted by atomic mass is 10.2. The molecule has 0 aromatic heterocycles. The topological polar surface area (TPSA) is 50.8 Å². The maximum Gasteiger partial charge on any atom is 0.262 e. The Bertz CT molecular complexity index is 751. The first kappa shape index (κ1) is 18.0. The van der Waals surface area contributed by atoms with E-state index in [4.69, 9.17) is 21.1 Å². The fraction of sp³-hybridized carbons (Fsp3) is 0.278. The number of morpholine rings is 1. The first-order valence-electron chi connectivity index (χ1n) is 7.92. The fourth-order valence-electron chi connectivity index (χ4n) is 2.58. The van der Waals surface area contributed by atoms with Crippen molar-refractivity contribution in [1.82, 2.24) is 0 Å². The van der Waals surface area contributed by atoms with Gasteiger partial charge in [-0.2, -0.15) is 0 Å². The average Bonchev–Trinajstić information content (AvgIpc) is 2.61. The highest BCUT2D eigenvalue weighted by Gasteiger charge is 2.16. The second-order valence-electron chi connectivity index (χ2n) is 5.56. The molecule has 0 radical (unpaired) electrons. The molecule has 0 atom stereocenters. The number of halogens is 2. The van der Waals surface area contributed by atoms with E-state index < -0.39 is 0 Å². The Morgan fingerprint density at radius 3 is 2.80 bits per heavy atom. The monoisotopic (exact) mass is 424 g/mol. The van der Waals surface area contributed by atoms with E-state index in [1.165, 1.54) is 0 Å². The summed E-state index contributed by atoms with van der Waals surface area (Å²) < 4.78 is 11.8. The lowest BCUT2D eigenvalue weighted by molar-refractivity contribution is -0.118. The van der Waals surface area contributed by atoms with Crippen molar-refractivity contribution in [2.24, 2.45) is 0 Å². The fourth-order valence-corrected chi connectivity index (χ4v) is 3.13. The van der Waals surface area contributed by atoms with Crippen LogP contribution in [0.15, 0.2) is 46.9 Å². The van der Waals surface area contributed by atoms with Gasteiger partial charge in [0, 0.05) is 22.6 Å². The third-order valence-electron chi connectivity index (χ3n) is 3.75. The summed E-state index contributed by atoms with van der Waals surface area (Å²) in [6.07, 6.45) is 0. The molecule has 1 aliphatic rings. The molecule has 0 bridgehead atoms. The number of carbonyl (C=O) groups excluding carboxylic acids is 1. The Morgan fingerprint density at radius 2 is 2.04 bits per heavy atom. The predicted molar refractivity (Wildman–Crippen MR) is 103 cm³/mol. The van der Waals surface area contributed by atoms with Crippen LogP contribution in [-0.4, -0.2) is 38.8 Å². The Balaban J connectivity index is 1.66. The SMILES string of the molecule is O=C(COc1cccc(Br)c1)Nc1cc(Cl)ccc1N1CCOCC1. The zero-order valence-electron chi connectivity index (χ0n) is 13.5. The number of rotatable bonds is 5. The third kappa shape index (κ3) is 5.11. The summed E-state index contributed by atoms with van der Waals surface area (Å²) in [6, 6.07) is 12.8. The van der Waals surface area contributed by atoms with Crippen LogP contribution in [0.5, 0.6) is 5.75 Å². The number of ether oxygens (including phenoxy) is 2. The highest BCUT2D eigenvalue weighted by Crippen LogP contribution is 2.30. The van der Waals surface area contributed by atoms with E-state index in [0.717, 1.165) is 23.2 Å². The lowest BCUT2D eigenvalue weighted by Gasteiger charge is -2.30. The van der Waals surface area contributed by atoms with Crippen molar-refractivity contribution in [1.29, 1.82) is 0 Å². The van der Waals surface area contributed by atoms with E-state index in [2.05, 4.69) is 26.1 Å². The van der Waals surface area contributed by atoms with Gasteiger partial charge >= 0.3 is 0 Å². The largest absolute Gasteiger partial charge is 0.484 e. The second-order valence-corrected chi connectivity index (χ2v) is 6.91. The van der Waals surface area contributed by atoms with Crippen molar-refractivity contribution in [2.45, 2.75) is 0 Å². The normalized spacial score (nSPS) is 14.2. The van der Waals surface area contributed by atoms with Crippen molar-refractivity contribution in [3.63, 3.8) is 0 Å². The number of hydrogen-bond donors (Lipinski definition) is 1. The number of benzene rings is 2. The second kappa shape index (κ2) is 8.56. The number of carbonyl (C=O) groups is 1. The molecule has 1 aliphatic heterocycles. The molecular formula is C18H18BrClN2O3. The zero-order chi connectivity index (χ0) is 17.6. The van der Waals surface area contributed by atoms with Gasteiger partial charge in [-0.15, -0.1) is 0 Å². The molecule has 25 heavy (non-hydrogen) atoms. The average molecular weight is 426 g/mol.